The van der Waals surface area contributed by atoms with Gasteiger partial charge in [-0.3, -0.25) is 9.69 Å². The van der Waals surface area contributed by atoms with Crippen molar-refractivity contribution in [3.8, 4) is 0 Å². The summed E-state index contributed by atoms with van der Waals surface area (Å²) in [4.78, 5) is 12.7. The van der Waals surface area contributed by atoms with Crippen LogP contribution in [0.4, 0.5) is 0 Å². The third-order valence-electron chi connectivity index (χ3n) is 5.02. The van der Waals surface area contributed by atoms with Crippen molar-refractivity contribution in [2.45, 2.75) is 25.7 Å². The summed E-state index contributed by atoms with van der Waals surface area (Å²) < 4.78 is 0. The van der Waals surface area contributed by atoms with Gasteiger partial charge in [-0.2, -0.15) is 0 Å². The summed E-state index contributed by atoms with van der Waals surface area (Å²) in [5.41, 5.74) is 6.83. The lowest BCUT2D eigenvalue weighted by Crippen LogP contribution is -2.26. The molecule has 0 saturated heterocycles. The molecule has 1 unspecified atom stereocenters. The molecule has 0 heterocycles. The lowest BCUT2D eigenvalue weighted by molar-refractivity contribution is -0.137. The highest BCUT2D eigenvalue weighted by atomic mass is 16.4. The average Bonchev–Trinajstić information content (AvgIpc) is 2.88. The smallest absolute Gasteiger partial charge is 0.317 e. The van der Waals surface area contributed by atoms with Gasteiger partial charge in [-0.15, -0.1) is 0 Å². The van der Waals surface area contributed by atoms with E-state index in [9.17, 15) is 4.79 Å². The number of aliphatic carboxylic acids is 1. The fourth-order valence-electron chi connectivity index (χ4n) is 3.91. The number of carboxylic acid groups (broad SMARTS) is 1. The Labute approximate surface area is 149 Å². The zero-order valence-electron chi connectivity index (χ0n) is 14.9. The Morgan fingerprint density at radius 1 is 1.08 bits per heavy atom. The molecule has 0 spiro atoms. The molecule has 0 saturated carbocycles. The van der Waals surface area contributed by atoms with Crippen molar-refractivity contribution in [2.75, 3.05) is 20.1 Å². The highest BCUT2D eigenvalue weighted by Gasteiger charge is 2.29. The van der Waals surface area contributed by atoms with Crippen molar-refractivity contribution in [1.29, 1.82) is 0 Å². The first kappa shape index (κ1) is 17.4. The van der Waals surface area contributed by atoms with Crippen LogP contribution in [-0.4, -0.2) is 36.1 Å². The van der Waals surface area contributed by atoms with Crippen LogP contribution >= 0.6 is 0 Å². The van der Waals surface area contributed by atoms with Gasteiger partial charge in [0.2, 0.25) is 0 Å². The average molecular weight is 335 g/mol. The van der Waals surface area contributed by atoms with Crippen molar-refractivity contribution in [1.82, 2.24) is 4.90 Å². The summed E-state index contributed by atoms with van der Waals surface area (Å²) in [5.74, 6) is -0.383. The summed E-state index contributed by atoms with van der Waals surface area (Å²) in [5, 5.41) is 8.90. The van der Waals surface area contributed by atoms with E-state index < -0.39 is 5.97 Å². The number of carbonyl (C=O) groups is 1. The summed E-state index contributed by atoms with van der Waals surface area (Å²) in [6.07, 6.45) is 2.01. The Hall–Kier alpha value is -2.39. The fourth-order valence-corrected chi connectivity index (χ4v) is 3.91. The minimum Gasteiger partial charge on any atom is -0.480 e. The van der Waals surface area contributed by atoms with Gasteiger partial charge in [0.05, 0.1) is 6.54 Å². The van der Waals surface area contributed by atoms with Gasteiger partial charge >= 0.3 is 5.97 Å². The molecule has 0 aromatic heterocycles. The minimum absolute atomic E-state index is 0.0989. The van der Waals surface area contributed by atoms with Gasteiger partial charge in [0.15, 0.2) is 0 Å². The van der Waals surface area contributed by atoms with Gasteiger partial charge in [0.1, 0.15) is 0 Å². The first-order valence-electron chi connectivity index (χ1n) is 8.83. The molecule has 130 valence electrons. The van der Waals surface area contributed by atoms with Crippen LogP contribution in [0.5, 0.6) is 0 Å². The molecule has 0 amide bonds. The predicted molar refractivity (Wildman–Crippen MR) is 102 cm³/mol. The van der Waals surface area contributed by atoms with Crippen LogP contribution in [0.25, 0.3) is 11.1 Å². The number of fused-ring (bicyclic) bond motifs is 1. The lowest BCUT2D eigenvalue weighted by atomic mass is 9.87. The maximum atomic E-state index is 10.8. The van der Waals surface area contributed by atoms with Gasteiger partial charge in [0, 0.05) is 5.92 Å². The minimum atomic E-state index is -0.769. The number of allylic oxidation sites excluding steroid dienone is 2. The second-order valence-corrected chi connectivity index (χ2v) is 6.82. The van der Waals surface area contributed by atoms with E-state index in [1.165, 1.54) is 27.8 Å². The molecule has 0 bridgehead atoms. The van der Waals surface area contributed by atoms with Gasteiger partial charge in [0.25, 0.3) is 0 Å². The molecule has 3 heteroatoms. The predicted octanol–water partition coefficient (Wildman–Crippen LogP) is 4.51. The van der Waals surface area contributed by atoms with Crippen molar-refractivity contribution < 1.29 is 9.90 Å². The summed E-state index contributed by atoms with van der Waals surface area (Å²) in [6, 6.07) is 19.3. The summed E-state index contributed by atoms with van der Waals surface area (Å²) >= 11 is 0. The summed E-state index contributed by atoms with van der Waals surface area (Å²) in [7, 11) is 1.87. The molecule has 2 aromatic rings. The maximum Gasteiger partial charge on any atom is 0.317 e. The fraction of sp³-hybridized carbons (Fsp3) is 0.318. The van der Waals surface area contributed by atoms with Crippen LogP contribution in [-0.2, 0) is 4.79 Å². The number of hydrogen-bond donors (Lipinski definition) is 1. The van der Waals surface area contributed by atoms with Crippen molar-refractivity contribution in [3.63, 3.8) is 0 Å². The SMILES string of the molecule is CC1=C(c2ccccc2)C(CCCN(C)CC(=O)O)c2ccccc21. The zero-order valence-corrected chi connectivity index (χ0v) is 14.9. The van der Waals surface area contributed by atoms with Crippen molar-refractivity contribution in [2.24, 2.45) is 0 Å². The first-order chi connectivity index (χ1) is 12.1. The van der Waals surface area contributed by atoms with Crippen LogP contribution in [0.15, 0.2) is 54.6 Å². The summed E-state index contributed by atoms with van der Waals surface area (Å²) in [6.45, 7) is 3.12. The number of benzene rings is 2. The van der Waals surface area contributed by atoms with E-state index in [0.29, 0.717) is 5.92 Å². The number of likely N-dealkylation sites (N-methyl/N-ethyl adjacent to an activating group) is 1. The van der Waals surface area contributed by atoms with E-state index in [0.717, 1.165) is 19.4 Å². The molecular weight excluding hydrogens is 310 g/mol. The van der Waals surface area contributed by atoms with Crippen LogP contribution in [0, 0.1) is 0 Å². The standard InChI is InChI=1S/C22H25NO2/c1-16-18-11-6-7-12-19(18)20(13-8-14-23(2)15-21(24)25)22(16)17-9-4-3-5-10-17/h3-7,9-12,20H,8,13-15H2,1-2H3,(H,24,25). The Morgan fingerprint density at radius 3 is 2.48 bits per heavy atom. The lowest BCUT2D eigenvalue weighted by Gasteiger charge is -2.20. The first-order valence-corrected chi connectivity index (χ1v) is 8.83. The van der Waals surface area contributed by atoms with E-state index in [-0.39, 0.29) is 6.54 Å². The van der Waals surface area contributed by atoms with Crippen LogP contribution in [0.1, 0.15) is 42.4 Å². The normalized spacial score (nSPS) is 16.4. The van der Waals surface area contributed by atoms with E-state index in [1.807, 2.05) is 11.9 Å². The maximum absolute atomic E-state index is 10.8. The van der Waals surface area contributed by atoms with E-state index in [2.05, 4.69) is 61.5 Å². The van der Waals surface area contributed by atoms with Gasteiger partial charge in [-0.05, 0) is 61.2 Å². The molecule has 0 fully saturated rings. The third kappa shape index (κ3) is 3.83. The van der Waals surface area contributed by atoms with Crippen molar-refractivity contribution in [3.05, 3.63) is 71.3 Å². The molecule has 2 aromatic carbocycles. The van der Waals surface area contributed by atoms with E-state index in [4.69, 9.17) is 5.11 Å². The number of carboxylic acids is 1. The third-order valence-corrected chi connectivity index (χ3v) is 5.02. The Morgan fingerprint density at radius 2 is 1.76 bits per heavy atom. The number of rotatable bonds is 7. The number of hydrogen-bond acceptors (Lipinski definition) is 2. The van der Waals surface area contributed by atoms with Gasteiger partial charge in [-0.25, -0.2) is 0 Å². The van der Waals surface area contributed by atoms with Crippen molar-refractivity contribution >= 4 is 17.1 Å². The number of nitrogens with zero attached hydrogens (tertiary/aromatic N) is 1. The Kier molecular flexibility index (Phi) is 5.34. The second kappa shape index (κ2) is 7.66. The Balaban J connectivity index is 1.81. The van der Waals surface area contributed by atoms with Crippen LogP contribution in [0.3, 0.4) is 0 Å². The van der Waals surface area contributed by atoms with Crippen LogP contribution in [0.2, 0.25) is 0 Å². The quantitative estimate of drug-likeness (QED) is 0.809. The molecule has 3 rings (SSSR count). The molecule has 1 aliphatic carbocycles. The molecule has 0 aliphatic heterocycles. The van der Waals surface area contributed by atoms with E-state index >= 15 is 0 Å². The molecule has 3 nitrogen and oxygen atoms in total. The van der Waals surface area contributed by atoms with Crippen LogP contribution < -0.4 is 0 Å². The zero-order chi connectivity index (χ0) is 17.8. The highest BCUT2D eigenvalue weighted by molar-refractivity contribution is 5.98. The Bertz CT molecular complexity index is 780. The molecule has 1 aliphatic rings. The molecule has 1 N–H and O–H groups in total. The van der Waals surface area contributed by atoms with Gasteiger partial charge < -0.3 is 5.11 Å². The molecule has 1 atom stereocenters. The molecule has 25 heavy (non-hydrogen) atoms. The molecule has 0 radical (unpaired) electrons. The second-order valence-electron chi connectivity index (χ2n) is 6.82. The monoisotopic (exact) mass is 335 g/mol. The topological polar surface area (TPSA) is 40.5 Å². The molecular formula is C22H25NO2. The van der Waals surface area contributed by atoms with E-state index in [1.54, 1.807) is 0 Å². The largest absolute Gasteiger partial charge is 0.480 e. The highest BCUT2D eigenvalue weighted by Crippen LogP contribution is 2.48. The van der Waals surface area contributed by atoms with Gasteiger partial charge in [-0.1, -0.05) is 54.6 Å².